The Bertz CT molecular complexity index is 754. The van der Waals surface area contributed by atoms with Crippen LogP contribution in [0.25, 0.3) is 0 Å². The minimum atomic E-state index is -1.04. The molecule has 1 aliphatic rings. The fourth-order valence-electron chi connectivity index (χ4n) is 2.97. The number of nitrogens with one attached hydrogen (secondary N) is 1. The molecule has 1 amide bonds. The van der Waals surface area contributed by atoms with E-state index in [1.807, 2.05) is 6.92 Å². The average Bonchev–Trinajstić information content (AvgIpc) is 2.84. The third kappa shape index (κ3) is 3.56. The van der Waals surface area contributed by atoms with Gasteiger partial charge in [0.25, 0.3) is 5.91 Å². The summed E-state index contributed by atoms with van der Waals surface area (Å²) < 4.78 is 13.6. The van der Waals surface area contributed by atoms with Gasteiger partial charge in [0.1, 0.15) is 5.82 Å². The second-order valence-corrected chi connectivity index (χ2v) is 7.49. The molecule has 3 rings (SSSR count). The van der Waals surface area contributed by atoms with Gasteiger partial charge >= 0.3 is 0 Å². The molecule has 2 aromatic rings. The van der Waals surface area contributed by atoms with Gasteiger partial charge in [-0.25, -0.2) is 0 Å². The van der Waals surface area contributed by atoms with Crippen molar-refractivity contribution in [3.05, 3.63) is 41.5 Å². The molecule has 0 saturated heterocycles. The van der Waals surface area contributed by atoms with Gasteiger partial charge in [-0.2, -0.15) is 0 Å². The van der Waals surface area contributed by atoms with E-state index in [0.29, 0.717) is 10.5 Å². The Kier molecular flexibility index (Phi) is 5.08. The largest absolute Gasteiger partial charge is 0.342 e. The summed E-state index contributed by atoms with van der Waals surface area (Å²) in [7, 11) is -1.04. The lowest BCUT2D eigenvalue weighted by Gasteiger charge is -2.15. The highest BCUT2D eigenvalue weighted by Crippen LogP contribution is 2.19. The molecule has 1 aliphatic heterocycles. The first-order valence-electron chi connectivity index (χ1n) is 8.22. The molecule has 0 radical (unpaired) electrons. The van der Waals surface area contributed by atoms with Crippen LogP contribution >= 0.6 is 0 Å². The van der Waals surface area contributed by atoms with Gasteiger partial charge in [-0.05, 0) is 44.0 Å². The number of amides is 1. The third-order valence-corrected chi connectivity index (χ3v) is 5.26. The summed E-state index contributed by atoms with van der Waals surface area (Å²) in [6, 6.07) is 6.63. The van der Waals surface area contributed by atoms with Crippen LogP contribution in [0.15, 0.2) is 29.2 Å². The van der Waals surface area contributed by atoms with Crippen LogP contribution in [0.3, 0.4) is 0 Å². The standard InChI is InChI=1S/C17H22N4O2S/c1-12(16-20-19-15-6-4-3-5-11-21(15)16)18-17(22)13-7-9-14(10-8-13)24(2)23/h7-10,12H,3-6,11H2,1-2H3,(H,18,22)/t12-,24+/m0/s1. The molecule has 0 bridgehead atoms. The number of carbonyl (C=O) groups excluding carboxylic acids is 1. The fourth-order valence-corrected chi connectivity index (χ4v) is 3.49. The van der Waals surface area contributed by atoms with E-state index < -0.39 is 10.8 Å². The molecule has 1 aromatic carbocycles. The number of benzene rings is 1. The average molecular weight is 346 g/mol. The smallest absolute Gasteiger partial charge is 0.251 e. The number of fused-ring (bicyclic) bond motifs is 1. The van der Waals surface area contributed by atoms with Crippen molar-refractivity contribution in [2.45, 2.75) is 50.1 Å². The second-order valence-electron chi connectivity index (χ2n) is 6.11. The Morgan fingerprint density at radius 1 is 1.21 bits per heavy atom. The van der Waals surface area contributed by atoms with Crippen molar-refractivity contribution in [1.82, 2.24) is 20.1 Å². The number of carbonyl (C=O) groups is 1. The van der Waals surface area contributed by atoms with Gasteiger partial charge in [0.2, 0.25) is 0 Å². The minimum Gasteiger partial charge on any atom is -0.342 e. The lowest BCUT2D eigenvalue weighted by molar-refractivity contribution is 0.0937. The molecule has 0 aliphatic carbocycles. The lowest BCUT2D eigenvalue weighted by atomic mass is 10.2. The molecule has 0 unspecified atom stereocenters. The molecule has 1 N–H and O–H groups in total. The van der Waals surface area contributed by atoms with Gasteiger partial charge in [-0.3, -0.25) is 9.00 Å². The quantitative estimate of drug-likeness (QED) is 0.921. The summed E-state index contributed by atoms with van der Waals surface area (Å²) in [6.45, 7) is 2.84. The first-order chi connectivity index (χ1) is 11.6. The Morgan fingerprint density at radius 3 is 2.67 bits per heavy atom. The van der Waals surface area contributed by atoms with Crippen LogP contribution in [0.2, 0.25) is 0 Å². The van der Waals surface area contributed by atoms with Crippen molar-refractivity contribution in [2.75, 3.05) is 6.26 Å². The van der Waals surface area contributed by atoms with Crippen LogP contribution in [0.5, 0.6) is 0 Å². The van der Waals surface area contributed by atoms with Crippen LogP contribution in [0.4, 0.5) is 0 Å². The molecule has 0 spiro atoms. The molecule has 0 fully saturated rings. The van der Waals surface area contributed by atoms with Crippen molar-refractivity contribution in [1.29, 1.82) is 0 Å². The molecule has 7 heteroatoms. The number of aryl methyl sites for hydroxylation is 1. The topological polar surface area (TPSA) is 76.9 Å². The maximum Gasteiger partial charge on any atom is 0.251 e. The van der Waals surface area contributed by atoms with Crippen LogP contribution in [-0.4, -0.2) is 31.1 Å². The van der Waals surface area contributed by atoms with Gasteiger partial charge in [-0.15, -0.1) is 10.2 Å². The van der Waals surface area contributed by atoms with Gasteiger partial charge in [0.15, 0.2) is 5.82 Å². The summed E-state index contributed by atoms with van der Waals surface area (Å²) in [5.41, 5.74) is 0.548. The van der Waals surface area contributed by atoms with E-state index in [0.717, 1.165) is 37.5 Å². The van der Waals surface area contributed by atoms with Crippen LogP contribution < -0.4 is 5.32 Å². The molecular formula is C17H22N4O2S. The summed E-state index contributed by atoms with van der Waals surface area (Å²) in [5.74, 6) is 1.66. The molecule has 6 nitrogen and oxygen atoms in total. The summed E-state index contributed by atoms with van der Waals surface area (Å²) >= 11 is 0. The summed E-state index contributed by atoms with van der Waals surface area (Å²) in [5, 5.41) is 11.5. The number of nitrogens with zero attached hydrogens (tertiary/aromatic N) is 3. The van der Waals surface area contributed by atoms with Gasteiger partial charge < -0.3 is 9.88 Å². The van der Waals surface area contributed by atoms with Crippen molar-refractivity contribution in [3.8, 4) is 0 Å². The highest BCUT2D eigenvalue weighted by Gasteiger charge is 2.21. The van der Waals surface area contributed by atoms with Crippen LogP contribution in [0.1, 0.15) is 54.2 Å². The second kappa shape index (κ2) is 7.25. The zero-order chi connectivity index (χ0) is 17.1. The first kappa shape index (κ1) is 16.8. The monoisotopic (exact) mass is 346 g/mol. The van der Waals surface area contributed by atoms with Gasteiger partial charge in [-0.1, -0.05) is 6.42 Å². The Balaban J connectivity index is 1.72. The summed E-state index contributed by atoms with van der Waals surface area (Å²) in [6.07, 6.45) is 6.03. The van der Waals surface area contributed by atoms with E-state index in [1.165, 1.54) is 6.42 Å². The zero-order valence-electron chi connectivity index (χ0n) is 14.0. The number of hydrogen-bond donors (Lipinski definition) is 1. The van der Waals surface area contributed by atoms with Crippen molar-refractivity contribution in [3.63, 3.8) is 0 Å². The number of hydrogen-bond acceptors (Lipinski definition) is 4. The highest BCUT2D eigenvalue weighted by atomic mass is 32.2. The number of rotatable bonds is 4. The Labute approximate surface area is 144 Å². The molecule has 2 atom stereocenters. The zero-order valence-corrected chi connectivity index (χ0v) is 14.8. The molecule has 128 valence electrons. The SMILES string of the molecule is C[C@H](NC(=O)c1ccc([S@@](C)=O)cc1)c1nnc2n1CCCCC2. The van der Waals surface area contributed by atoms with Gasteiger partial charge in [0.05, 0.1) is 6.04 Å². The fraction of sp³-hybridized carbons (Fsp3) is 0.471. The highest BCUT2D eigenvalue weighted by molar-refractivity contribution is 7.84. The van der Waals surface area contributed by atoms with E-state index in [2.05, 4.69) is 20.1 Å². The maximum atomic E-state index is 12.4. The van der Waals surface area contributed by atoms with Crippen LogP contribution in [0, 0.1) is 0 Å². The molecule has 0 saturated carbocycles. The predicted octanol–water partition coefficient (Wildman–Crippen LogP) is 2.23. The molecular weight excluding hydrogens is 324 g/mol. The van der Waals surface area contributed by atoms with E-state index >= 15 is 0 Å². The molecule has 2 heterocycles. The lowest BCUT2D eigenvalue weighted by Crippen LogP contribution is -2.29. The van der Waals surface area contributed by atoms with Crippen LogP contribution in [-0.2, 0) is 23.8 Å². The molecule has 24 heavy (non-hydrogen) atoms. The van der Waals surface area contributed by atoms with Crippen molar-refractivity contribution in [2.24, 2.45) is 0 Å². The summed E-state index contributed by atoms with van der Waals surface area (Å²) in [4.78, 5) is 13.1. The van der Waals surface area contributed by atoms with Crippen molar-refractivity contribution < 1.29 is 9.00 Å². The predicted molar refractivity (Wildman–Crippen MR) is 92.2 cm³/mol. The van der Waals surface area contributed by atoms with E-state index in [4.69, 9.17) is 0 Å². The third-order valence-electron chi connectivity index (χ3n) is 4.32. The van der Waals surface area contributed by atoms with E-state index in [1.54, 1.807) is 30.5 Å². The Morgan fingerprint density at radius 2 is 1.96 bits per heavy atom. The maximum absolute atomic E-state index is 12.4. The number of aromatic nitrogens is 3. The van der Waals surface area contributed by atoms with Gasteiger partial charge in [0, 0.05) is 40.5 Å². The van der Waals surface area contributed by atoms with E-state index in [9.17, 15) is 9.00 Å². The Hall–Kier alpha value is -2.02. The van der Waals surface area contributed by atoms with Crippen molar-refractivity contribution >= 4 is 16.7 Å². The normalized spacial score (nSPS) is 16.8. The first-order valence-corrected chi connectivity index (χ1v) is 9.78. The molecule has 1 aromatic heterocycles. The minimum absolute atomic E-state index is 0.165. The van der Waals surface area contributed by atoms with E-state index in [-0.39, 0.29) is 11.9 Å².